The number of aryl methyl sites for hydroxylation is 1. The van der Waals surface area contributed by atoms with Crippen LogP contribution in [0.15, 0.2) is 84.0 Å². The SMILES string of the molecule is O=C(NCCCc1cn[nH]c1)c1ccc(S(=O)(=O)Cc2ccc(O)cc2)c(C#Cc2ccc(F)cc2)c1. The fourth-order valence-electron chi connectivity index (χ4n) is 3.61. The average molecular weight is 518 g/mol. The third kappa shape index (κ3) is 7.06. The van der Waals surface area contributed by atoms with E-state index in [0.717, 1.165) is 12.0 Å². The molecule has 4 aromatic rings. The number of rotatable bonds is 8. The second-order valence-corrected chi connectivity index (χ2v) is 10.3. The molecule has 0 saturated heterocycles. The van der Waals surface area contributed by atoms with Gasteiger partial charge in [-0.3, -0.25) is 9.89 Å². The van der Waals surface area contributed by atoms with Crippen LogP contribution in [0.25, 0.3) is 0 Å². The molecule has 1 aromatic heterocycles. The summed E-state index contributed by atoms with van der Waals surface area (Å²) in [5.41, 5.74) is 2.47. The topological polar surface area (TPSA) is 112 Å². The molecule has 7 nitrogen and oxygen atoms in total. The standard InChI is InChI=1S/C28H24FN3O4S/c29-25-10-4-20(5-11-25)3-8-23-16-24(28(34)30-15-1-2-22-17-31-32-18-22)9-14-27(23)37(35,36)19-21-6-12-26(33)13-7-21/h4-7,9-14,16-18,33H,1-2,15,19H2,(H,30,34)(H,31,32). The average Bonchev–Trinajstić information content (AvgIpc) is 3.41. The van der Waals surface area contributed by atoms with Gasteiger partial charge in [0, 0.05) is 29.4 Å². The lowest BCUT2D eigenvalue weighted by Crippen LogP contribution is -2.25. The number of hydrogen-bond acceptors (Lipinski definition) is 5. The molecule has 3 aromatic carbocycles. The summed E-state index contributed by atoms with van der Waals surface area (Å²) in [5.74, 6) is 4.67. The summed E-state index contributed by atoms with van der Waals surface area (Å²) < 4.78 is 39.8. The lowest BCUT2D eigenvalue weighted by molar-refractivity contribution is 0.0953. The van der Waals surface area contributed by atoms with E-state index in [-0.39, 0.29) is 33.4 Å². The molecular formula is C28H24FN3O4S. The molecule has 0 fully saturated rings. The van der Waals surface area contributed by atoms with E-state index >= 15 is 0 Å². The van der Waals surface area contributed by atoms with E-state index in [2.05, 4.69) is 27.4 Å². The number of phenols is 1. The van der Waals surface area contributed by atoms with Crippen LogP contribution in [0.3, 0.4) is 0 Å². The van der Waals surface area contributed by atoms with Gasteiger partial charge in [-0.1, -0.05) is 24.0 Å². The minimum Gasteiger partial charge on any atom is -0.508 e. The molecule has 0 aliphatic heterocycles. The first-order valence-corrected chi connectivity index (χ1v) is 13.1. The predicted octanol–water partition coefficient (Wildman–Crippen LogP) is 3.99. The number of phenolic OH excluding ortho intramolecular Hbond substituents is 1. The van der Waals surface area contributed by atoms with Crippen LogP contribution < -0.4 is 5.32 Å². The summed E-state index contributed by atoms with van der Waals surface area (Å²) in [6, 6.07) is 15.7. The van der Waals surface area contributed by atoms with Gasteiger partial charge in [-0.05, 0) is 78.6 Å². The minimum absolute atomic E-state index is 0.0216. The number of carbonyl (C=O) groups is 1. The largest absolute Gasteiger partial charge is 0.508 e. The molecule has 0 saturated carbocycles. The number of nitrogens with one attached hydrogen (secondary N) is 2. The van der Waals surface area contributed by atoms with Crippen molar-refractivity contribution < 1.29 is 22.7 Å². The Hall–Kier alpha value is -4.42. The first-order chi connectivity index (χ1) is 17.8. The highest BCUT2D eigenvalue weighted by Crippen LogP contribution is 2.23. The maximum absolute atomic E-state index is 13.3. The lowest BCUT2D eigenvalue weighted by atomic mass is 10.1. The van der Waals surface area contributed by atoms with Crippen molar-refractivity contribution >= 4 is 15.7 Å². The number of sulfone groups is 1. The van der Waals surface area contributed by atoms with Gasteiger partial charge in [0.25, 0.3) is 5.91 Å². The molecule has 37 heavy (non-hydrogen) atoms. The van der Waals surface area contributed by atoms with Gasteiger partial charge >= 0.3 is 0 Å². The molecule has 3 N–H and O–H groups in total. The molecule has 188 valence electrons. The van der Waals surface area contributed by atoms with E-state index in [1.807, 2.05) is 0 Å². The van der Waals surface area contributed by atoms with Gasteiger partial charge in [0.05, 0.1) is 16.8 Å². The van der Waals surface area contributed by atoms with E-state index in [1.165, 1.54) is 66.7 Å². The number of aromatic hydroxyl groups is 1. The van der Waals surface area contributed by atoms with Crippen molar-refractivity contribution in [1.82, 2.24) is 15.5 Å². The smallest absolute Gasteiger partial charge is 0.251 e. The predicted molar refractivity (Wildman–Crippen MR) is 137 cm³/mol. The molecule has 1 amide bonds. The minimum atomic E-state index is -3.84. The van der Waals surface area contributed by atoms with Crippen molar-refractivity contribution in [1.29, 1.82) is 0 Å². The third-order valence-corrected chi connectivity index (χ3v) is 7.28. The summed E-state index contributed by atoms with van der Waals surface area (Å²) in [6.07, 6.45) is 4.98. The van der Waals surface area contributed by atoms with E-state index in [9.17, 15) is 22.7 Å². The first kappa shape index (κ1) is 25.7. The molecule has 1 heterocycles. The summed E-state index contributed by atoms with van der Waals surface area (Å²) in [5, 5.41) is 19.0. The van der Waals surface area contributed by atoms with Gasteiger partial charge in [0.15, 0.2) is 9.84 Å². The first-order valence-electron chi connectivity index (χ1n) is 11.5. The summed E-state index contributed by atoms with van der Waals surface area (Å²) >= 11 is 0. The van der Waals surface area contributed by atoms with Gasteiger partial charge in [-0.2, -0.15) is 5.10 Å². The molecule has 0 atom stereocenters. The van der Waals surface area contributed by atoms with Crippen LogP contribution in [-0.2, 0) is 22.0 Å². The van der Waals surface area contributed by atoms with Gasteiger partial charge in [0.2, 0.25) is 0 Å². The fourth-order valence-corrected chi connectivity index (χ4v) is 5.12. The van der Waals surface area contributed by atoms with Crippen molar-refractivity contribution in [3.8, 4) is 17.6 Å². The molecule has 0 bridgehead atoms. The van der Waals surface area contributed by atoms with Crippen LogP contribution in [0.1, 0.15) is 39.0 Å². The number of aromatic amines is 1. The Labute approximate surface area is 214 Å². The highest BCUT2D eigenvalue weighted by atomic mass is 32.2. The zero-order valence-corrected chi connectivity index (χ0v) is 20.6. The molecule has 0 radical (unpaired) electrons. The van der Waals surface area contributed by atoms with Crippen LogP contribution in [0, 0.1) is 17.7 Å². The monoisotopic (exact) mass is 517 g/mol. The van der Waals surface area contributed by atoms with Crippen LogP contribution >= 0.6 is 0 Å². The van der Waals surface area contributed by atoms with Crippen LogP contribution in [0.5, 0.6) is 5.75 Å². The number of H-pyrrole nitrogens is 1. The Morgan fingerprint density at radius 1 is 1.00 bits per heavy atom. The Bertz CT molecular complexity index is 1540. The Balaban J connectivity index is 1.59. The number of hydrogen-bond donors (Lipinski definition) is 3. The Kier molecular flexibility index (Phi) is 8.01. The van der Waals surface area contributed by atoms with Crippen molar-refractivity contribution in [2.45, 2.75) is 23.5 Å². The summed E-state index contributed by atoms with van der Waals surface area (Å²) in [4.78, 5) is 12.7. The van der Waals surface area contributed by atoms with Crippen LogP contribution in [0.4, 0.5) is 4.39 Å². The quantitative estimate of drug-likeness (QED) is 0.242. The van der Waals surface area contributed by atoms with Gasteiger partial charge in [-0.25, -0.2) is 12.8 Å². The van der Waals surface area contributed by atoms with E-state index in [0.29, 0.717) is 24.1 Å². The van der Waals surface area contributed by atoms with Crippen molar-refractivity contribution in [2.24, 2.45) is 0 Å². The highest BCUT2D eigenvalue weighted by molar-refractivity contribution is 7.90. The molecule has 0 aliphatic carbocycles. The van der Waals surface area contributed by atoms with E-state index < -0.39 is 15.7 Å². The van der Waals surface area contributed by atoms with Crippen molar-refractivity contribution in [3.63, 3.8) is 0 Å². The van der Waals surface area contributed by atoms with E-state index in [1.54, 1.807) is 12.4 Å². The van der Waals surface area contributed by atoms with Gasteiger partial charge in [0.1, 0.15) is 11.6 Å². The Morgan fingerprint density at radius 3 is 2.46 bits per heavy atom. The van der Waals surface area contributed by atoms with Crippen LogP contribution in [-0.4, -0.2) is 36.2 Å². The maximum Gasteiger partial charge on any atom is 0.251 e. The number of benzene rings is 3. The molecular weight excluding hydrogens is 493 g/mol. The number of halogens is 1. The number of amides is 1. The summed E-state index contributed by atoms with van der Waals surface area (Å²) in [6.45, 7) is 0.432. The molecule has 0 aliphatic rings. The molecule has 0 unspecified atom stereocenters. The van der Waals surface area contributed by atoms with Crippen LogP contribution in [0.2, 0.25) is 0 Å². The normalized spacial score (nSPS) is 10.9. The summed E-state index contributed by atoms with van der Waals surface area (Å²) in [7, 11) is -3.84. The van der Waals surface area contributed by atoms with Gasteiger partial charge < -0.3 is 10.4 Å². The third-order valence-electron chi connectivity index (χ3n) is 5.54. The number of carbonyl (C=O) groups excluding carboxylic acids is 1. The van der Waals surface area contributed by atoms with Gasteiger partial charge in [-0.15, -0.1) is 0 Å². The second-order valence-electron chi connectivity index (χ2n) is 8.36. The fraction of sp³-hybridized carbons (Fsp3) is 0.143. The number of aromatic nitrogens is 2. The molecule has 9 heteroatoms. The lowest BCUT2D eigenvalue weighted by Gasteiger charge is -2.10. The Morgan fingerprint density at radius 2 is 1.76 bits per heavy atom. The zero-order chi connectivity index (χ0) is 26.3. The highest BCUT2D eigenvalue weighted by Gasteiger charge is 2.21. The molecule has 4 rings (SSSR count). The second kappa shape index (κ2) is 11.5. The maximum atomic E-state index is 13.3. The van der Waals surface area contributed by atoms with Crippen molar-refractivity contribution in [2.75, 3.05) is 6.54 Å². The number of nitrogens with zero attached hydrogens (tertiary/aromatic N) is 1. The van der Waals surface area contributed by atoms with E-state index in [4.69, 9.17) is 0 Å². The van der Waals surface area contributed by atoms with Crippen molar-refractivity contribution in [3.05, 3.63) is 113 Å². The zero-order valence-electron chi connectivity index (χ0n) is 19.7. The molecule has 0 spiro atoms.